The van der Waals surface area contributed by atoms with E-state index in [2.05, 4.69) is 5.32 Å². The topological polar surface area (TPSA) is 114 Å². The Balaban J connectivity index is 1.94. The van der Waals surface area contributed by atoms with Gasteiger partial charge in [-0.25, -0.2) is 0 Å². The van der Waals surface area contributed by atoms with Crippen LogP contribution in [0.4, 0.5) is 0 Å². The lowest BCUT2D eigenvalue weighted by molar-refractivity contribution is -0.132. The molecule has 2 aromatic carbocycles. The quantitative estimate of drug-likeness (QED) is 0.757. The third kappa shape index (κ3) is 5.56. The first kappa shape index (κ1) is 22.2. The molecule has 0 saturated carbocycles. The number of nitrogens with one attached hydrogen (secondary N) is 1. The van der Waals surface area contributed by atoms with E-state index in [9.17, 15) is 14.4 Å². The number of hydrogen-bond donors (Lipinski definition) is 1. The van der Waals surface area contributed by atoms with Crippen molar-refractivity contribution < 1.29 is 14.4 Å². The number of benzene rings is 2. The highest BCUT2D eigenvalue weighted by Gasteiger charge is 2.29. The first-order valence-electron chi connectivity index (χ1n) is 9.88. The Labute approximate surface area is 185 Å². The Bertz CT molecular complexity index is 1110. The third-order valence-electron chi connectivity index (χ3n) is 4.91. The van der Waals surface area contributed by atoms with Crippen molar-refractivity contribution in [3.63, 3.8) is 0 Å². The second-order valence-electron chi connectivity index (χ2n) is 7.30. The number of amides is 2. The zero-order chi connectivity index (χ0) is 23.1. The maximum Gasteiger partial charge on any atom is 0.242 e. The van der Waals surface area contributed by atoms with E-state index in [0.29, 0.717) is 22.3 Å². The molecule has 0 aromatic heterocycles. The van der Waals surface area contributed by atoms with Gasteiger partial charge >= 0.3 is 0 Å². The summed E-state index contributed by atoms with van der Waals surface area (Å²) in [6.45, 7) is 1.40. The Kier molecular flexibility index (Phi) is 6.95. The first-order chi connectivity index (χ1) is 15.4. The monoisotopic (exact) mass is 424 g/mol. The highest BCUT2D eigenvalue weighted by Crippen LogP contribution is 2.22. The third-order valence-corrected chi connectivity index (χ3v) is 4.91. The van der Waals surface area contributed by atoms with Crippen LogP contribution >= 0.6 is 0 Å². The lowest BCUT2D eigenvalue weighted by atomic mass is 9.94. The maximum atomic E-state index is 13.2. The molecule has 1 aliphatic heterocycles. The van der Waals surface area contributed by atoms with Crippen molar-refractivity contribution in [3.8, 4) is 12.1 Å². The van der Waals surface area contributed by atoms with Crippen LogP contribution in [0, 0.1) is 22.7 Å². The largest absolute Gasteiger partial charge is 0.347 e. The minimum Gasteiger partial charge on any atom is -0.347 e. The molecule has 0 radical (unpaired) electrons. The standard InChI is InChI=1S/C25H20N4O3/c1-17(30)28-14-24(31)29-15-22(10-18-2-6-20(12-26)7-3-18)25(32)23(16-29)11-19-4-8-21(13-27)9-5-19/h2-11H,14-16H2,1H3,(H,28,30)/b22-10+,23-11+. The van der Waals surface area contributed by atoms with Crippen LogP contribution in [0.3, 0.4) is 0 Å². The normalized spacial score (nSPS) is 15.8. The summed E-state index contributed by atoms with van der Waals surface area (Å²) in [5.41, 5.74) is 3.35. The number of carbonyl (C=O) groups excluding carboxylic acids is 3. The molecule has 2 amide bonds. The fourth-order valence-electron chi connectivity index (χ4n) is 3.24. The van der Waals surface area contributed by atoms with Crippen LogP contribution in [0.1, 0.15) is 29.2 Å². The summed E-state index contributed by atoms with van der Waals surface area (Å²) in [4.78, 5) is 38.5. The van der Waals surface area contributed by atoms with Crippen LogP contribution in [-0.4, -0.2) is 42.1 Å². The Morgan fingerprint density at radius 3 is 1.72 bits per heavy atom. The van der Waals surface area contributed by atoms with E-state index in [1.807, 2.05) is 12.1 Å². The number of ketones is 1. The molecule has 1 N–H and O–H groups in total. The van der Waals surface area contributed by atoms with E-state index in [1.54, 1.807) is 60.7 Å². The summed E-state index contributed by atoms with van der Waals surface area (Å²) < 4.78 is 0. The van der Waals surface area contributed by atoms with Crippen LogP contribution in [-0.2, 0) is 14.4 Å². The Hall–Kier alpha value is -4.49. The van der Waals surface area contributed by atoms with Crippen molar-refractivity contribution in [3.05, 3.63) is 81.9 Å². The van der Waals surface area contributed by atoms with E-state index < -0.39 is 0 Å². The summed E-state index contributed by atoms with van der Waals surface area (Å²) in [6, 6.07) is 17.7. The molecule has 7 nitrogen and oxygen atoms in total. The molecule has 0 unspecified atom stereocenters. The van der Waals surface area contributed by atoms with Gasteiger partial charge in [0.1, 0.15) is 0 Å². The molecule has 0 atom stereocenters. The smallest absolute Gasteiger partial charge is 0.242 e. The van der Waals surface area contributed by atoms with Gasteiger partial charge in [-0.3, -0.25) is 14.4 Å². The summed E-state index contributed by atoms with van der Waals surface area (Å²) >= 11 is 0. The number of piperidine rings is 1. The van der Waals surface area contributed by atoms with Crippen LogP contribution in [0.2, 0.25) is 0 Å². The second-order valence-corrected chi connectivity index (χ2v) is 7.30. The fraction of sp³-hybridized carbons (Fsp3) is 0.160. The summed E-state index contributed by atoms with van der Waals surface area (Å²) in [5.74, 6) is -0.792. The number of carbonyl (C=O) groups is 3. The molecule has 7 heteroatoms. The minimum absolute atomic E-state index is 0.113. The van der Waals surface area contributed by atoms with Gasteiger partial charge in [0.05, 0.1) is 29.8 Å². The molecular formula is C25H20N4O3. The second kappa shape index (κ2) is 10.0. The summed E-state index contributed by atoms with van der Waals surface area (Å²) in [7, 11) is 0. The van der Waals surface area contributed by atoms with Gasteiger partial charge in [0.25, 0.3) is 0 Å². The molecule has 0 bridgehead atoms. The molecular weight excluding hydrogens is 404 g/mol. The highest BCUT2D eigenvalue weighted by atomic mass is 16.2. The molecule has 1 aliphatic rings. The molecule has 1 heterocycles. The summed E-state index contributed by atoms with van der Waals surface area (Å²) in [6.07, 6.45) is 3.40. The molecule has 1 saturated heterocycles. The fourth-order valence-corrected chi connectivity index (χ4v) is 3.24. The SMILES string of the molecule is CC(=O)NCC(=O)N1C/C(=C\c2ccc(C#N)cc2)C(=O)/C(=C/c2ccc(C#N)cc2)C1. The van der Waals surface area contributed by atoms with Crippen LogP contribution in [0.5, 0.6) is 0 Å². The van der Waals surface area contributed by atoms with Gasteiger partial charge in [0.15, 0.2) is 5.78 Å². The van der Waals surface area contributed by atoms with Crippen molar-refractivity contribution >= 4 is 29.7 Å². The van der Waals surface area contributed by atoms with E-state index in [-0.39, 0.29) is 37.2 Å². The Morgan fingerprint density at radius 1 is 0.906 bits per heavy atom. The van der Waals surface area contributed by atoms with Crippen LogP contribution in [0.25, 0.3) is 12.2 Å². The number of nitrogens with zero attached hydrogens (tertiary/aromatic N) is 3. The van der Waals surface area contributed by atoms with Gasteiger partial charge < -0.3 is 10.2 Å². The lowest BCUT2D eigenvalue weighted by Gasteiger charge is -2.30. The van der Waals surface area contributed by atoms with Gasteiger partial charge in [-0.15, -0.1) is 0 Å². The van der Waals surface area contributed by atoms with Crippen LogP contribution < -0.4 is 5.32 Å². The number of rotatable bonds is 4. The van der Waals surface area contributed by atoms with Crippen molar-refractivity contribution in [1.82, 2.24) is 10.2 Å². The molecule has 1 fully saturated rings. The van der Waals surface area contributed by atoms with E-state index in [4.69, 9.17) is 10.5 Å². The molecule has 2 aromatic rings. The predicted octanol–water partition coefficient (Wildman–Crippen LogP) is 2.44. The minimum atomic E-state index is -0.312. The van der Waals surface area contributed by atoms with Crippen molar-refractivity contribution in [1.29, 1.82) is 10.5 Å². The van der Waals surface area contributed by atoms with Crippen LogP contribution in [0.15, 0.2) is 59.7 Å². The van der Waals surface area contributed by atoms with Crippen molar-refractivity contribution in [2.24, 2.45) is 0 Å². The Morgan fingerprint density at radius 2 is 1.34 bits per heavy atom. The van der Waals surface area contributed by atoms with Crippen molar-refractivity contribution in [2.45, 2.75) is 6.92 Å². The average Bonchev–Trinajstić information content (AvgIpc) is 2.80. The molecule has 0 aliphatic carbocycles. The predicted molar refractivity (Wildman–Crippen MR) is 119 cm³/mol. The first-order valence-corrected chi connectivity index (χ1v) is 9.88. The van der Waals surface area contributed by atoms with Crippen molar-refractivity contribution in [2.75, 3.05) is 19.6 Å². The van der Waals surface area contributed by atoms with Gasteiger partial charge in [-0.05, 0) is 47.5 Å². The number of likely N-dealkylation sites (tertiary alicyclic amines) is 1. The van der Waals surface area contributed by atoms with Gasteiger partial charge in [-0.2, -0.15) is 10.5 Å². The number of hydrogen-bond acceptors (Lipinski definition) is 5. The highest BCUT2D eigenvalue weighted by molar-refractivity contribution is 6.15. The van der Waals surface area contributed by atoms with Gasteiger partial charge in [0.2, 0.25) is 11.8 Å². The molecule has 3 rings (SSSR count). The summed E-state index contributed by atoms with van der Waals surface area (Å²) in [5, 5.41) is 20.4. The maximum absolute atomic E-state index is 13.2. The molecule has 158 valence electrons. The lowest BCUT2D eigenvalue weighted by Crippen LogP contribution is -2.45. The van der Waals surface area contributed by atoms with E-state index >= 15 is 0 Å². The van der Waals surface area contributed by atoms with Gasteiger partial charge in [-0.1, -0.05) is 24.3 Å². The van der Waals surface area contributed by atoms with Gasteiger partial charge in [0, 0.05) is 31.2 Å². The molecule has 0 spiro atoms. The number of nitriles is 2. The molecule has 32 heavy (non-hydrogen) atoms. The number of Topliss-reactive ketones (excluding diaryl/α,β-unsaturated/α-hetero) is 1. The average molecular weight is 424 g/mol. The zero-order valence-corrected chi connectivity index (χ0v) is 17.5. The van der Waals surface area contributed by atoms with E-state index in [0.717, 1.165) is 11.1 Å². The van der Waals surface area contributed by atoms with E-state index in [1.165, 1.54) is 11.8 Å². The zero-order valence-electron chi connectivity index (χ0n) is 17.5.